The summed E-state index contributed by atoms with van der Waals surface area (Å²) in [4.78, 5) is 11.5. The highest BCUT2D eigenvalue weighted by molar-refractivity contribution is 6.24. The first-order valence-electron chi connectivity index (χ1n) is 16.3. The van der Waals surface area contributed by atoms with Gasteiger partial charge in [0.2, 0.25) is 0 Å². The summed E-state index contributed by atoms with van der Waals surface area (Å²) in [6.45, 7) is 9.21. The molecule has 0 saturated heterocycles. The monoisotopic (exact) mass is 572 g/mol. The van der Waals surface area contributed by atoms with E-state index in [1.807, 2.05) is 0 Å². The summed E-state index contributed by atoms with van der Waals surface area (Å²) in [7, 11) is 0. The smallest absolute Gasteiger partial charge is 0.302 e. The Morgan fingerprint density at radius 3 is 2.20 bits per heavy atom. The van der Waals surface area contributed by atoms with Crippen molar-refractivity contribution in [1.29, 1.82) is 0 Å². The highest BCUT2D eigenvalue weighted by Crippen LogP contribution is 2.70. The van der Waals surface area contributed by atoms with Crippen LogP contribution in [0.4, 0.5) is 0 Å². The van der Waals surface area contributed by atoms with Crippen LogP contribution < -0.4 is 0 Å². The van der Waals surface area contributed by atoms with Crippen LogP contribution in [0.2, 0.25) is 0 Å². The van der Waals surface area contributed by atoms with Crippen molar-refractivity contribution in [3.05, 3.63) is 77.9 Å². The van der Waals surface area contributed by atoms with E-state index >= 15 is 0 Å². The van der Waals surface area contributed by atoms with Crippen molar-refractivity contribution in [2.45, 2.75) is 103 Å². The van der Waals surface area contributed by atoms with Crippen molar-refractivity contribution in [1.82, 2.24) is 0 Å². The Balaban J connectivity index is 1.19. The number of esters is 1. The van der Waals surface area contributed by atoms with Gasteiger partial charge in [-0.05, 0) is 115 Å². The van der Waals surface area contributed by atoms with Gasteiger partial charge in [0.05, 0.1) is 4.87 Å². The lowest BCUT2D eigenvalue weighted by Crippen LogP contribution is -2.60. The molecule has 4 saturated carbocycles. The number of hydrogen-bond acceptors (Lipinski definition) is 2. The number of hydrogen-bond donors (Lipinski definition) is 0. The van der Waals surface area contributed by atoms with E-state index in [2.05, 4.69) is 87.5 Å². The van der Waals surface area contributed by atoms with E-state index in [9.17, 15) is 4.79 Å². The maximum absolute atomic E-state index is 11.7. The van der Waals surface area contributed by atoms with Gasteiger partial charge >= 0.3 is 5.97 Å². The predicted molar refractivity (Wildman–Crippen MR) is 170 cm³/mol. The van der Waals surface area contributed by atoms with Crippen molar-refractivity contribution in [2.24, 2.45) is 40.4 Å². The molecule has 6 rings (SSSR count). The number of alkyl halides is 1. The van der Waals surface area contributed by atoms with Crippen LogP contribution in [0.25, 0.3) is 5.57 Å². The second-order valence-corrected chi connectivity index (χ2v) is 15.3. The first kappa shape index (κ1) is 29.0. The molecule has 0 spiro atoms. The van der Waals surface area contributed by atoms with Crippen LogP contribution in [-0.2, 0) is 9.53 Å². The van der Waals surface area contributed by atoms with E-state index in [1.54, 1.807) is 0 Å². The number of benzene rings is 2. The van der Waals surface area contributed by atoms with Crippen molar-refractivity contribution >= 4 is 23.1 Å². The third-order valence-corrected chi connectivity index (χ3v) is 13.4. The van der Waals surface area contributed by atoms with Gasteiger partial charge in [-0.1, -0.05) is 87.5 Å². The van der Waals surface area contributed by atoms with Crippen LogP contribution in [-0.4, -0.2) is 16.9 Å². The summed E-state index contributed by atoms with van der Waals surface area (Å²) in [5.41, 5.74) is 4.55. The fraction of sp³-hybridized carbons (Fsp3) is 0.605. The first-order chi connectivity index (χ1) is 19.6. The van der Waals surface area contributed by atoms with E-state index in [4.69, 9.17) is 16.3 Å². The Labute approximate surface area is 253 Å². The second-order valence-electron chi connectivity index (χ2n) is 14.6. The molecule has 0 unspecified atom stereocenters. The highest BCUT2D eigenvalue weighted by Gasteiger charge is 2.64. The average molecular weight is 573 g/mol. The van der Waals surface area contributed by atoms with Gasteiger partial charge in [-0.25, -0.2) is 0 Å². The Kier molecular flexibility index (Phi) is 7.94. The zero-order valence-corrected chi connectivity index (χ0v) is 26.3. The third kappa shape index (κ3) is 5.11. The molecule has 2 aromatic rings. The minimum atomic E-state index is -0.234. The minimum Gasteiger partial charge on any atom is -0.462 e. The van der Waals surface area contributed by atoms with Crippen LogP contribution >= 0.6 is 11.6 Å². The van der Waals surface area contributed by atoms with Crippen molar-refractivity contribution < 1.29 is 9.53 Å². The van der Waals surface area contributed by atoms with Crippen LogP contribution in [0.15, 0.2) is 66.7 Å². The molecule has 2 aromatic carbocycles. The molecule has 41 heavy (non-hydrogen) atoms. The van der Waals surface area contributed by atoms with Gasteiger partial charge in [0.15, 0.2) is 0 Å². The van der Waals surface area contributed by atoms with E-state index in [1.165, 1.54) is 55.7 Å². The summed E-state index contributed by atoms with van der Waals surface area (Å²) < 4.78 is 5.68. The quantitative estimate of drug-likeness (QED) is 0.254. The number of fused-ring (bicyclic) bond motifs is 5. The molecule has 0 aliphatic heterocycles. The molecule has 4 aliphatic carbocycles. The van der Waals surface area contributed by atoms with Crippen molar-refractivity contribution in [2.75, 3.05) is 0 Å². The van der Waals surface area contributed by atoms with Gasteiger partial charge in [0.1, 0.15) is 6.10 Å². The lowest BCUT2D eigenvalue weighted by Gasteiger charge is -2.64. The van der Waals surface area contributed by atoms with Crippen LogP contribution in [0.1, 0.15) is 103 Å². The lowest BCUT2D eigenvalue weighted by atomic mass is 9.44. The van der Waals surface area contributed by atoms with E-state index in [0.29, 0.717) is 17.3 Å². The van der Waals surface area contributed by atoms with Gasteiger partial charge in [-0.2, -0.15) is 0 Å². The number of rotatable bonds is 6. The van der Waals surface area contributed by atoms with Crippen molar-refractivity contribution in [3.63, 3.8) is 0 Å². The van der Waals surface area contributed by atoms with Gasteiger partial charge in [-0.3, -0.25) is 4.79 Å². The molecule has 220 valence electrons. The molecule has 0 aromatic heterocycles. The normalized spacial score (nSPS) is 38.6. The standard InChI is InChI=1S/C38H49ClO2/c1-26(15-16-31(28-11-7-5-8-12-28)29-13-9-6-10-14-29)33-17-18-34-32-20-24-38(39)25-30(41-27(2)40)19-23-37(38,4)35(32)21-22-36(33,34)3/h5-14,16,26,30,32-35H,15,17-25H2,1-4H3/t26-,30-,32-,33+,34-,35-,36+,37+,38+/m0/s1. The molecule has 0 heterocycles. The largest absolute Gasteiger partial charge is 0.462 e. The highest BCUT2D eigenvalue weighted by atomic mass is 35.5. The summed E-state index contributed by atoms with van der Waals surface area (Å²) in [6, 6.07) is 21.8. The average Bonchev–Trinajstić information content (AvgIpc) is 3.32. The Morgan fingerprint density at radius 2 is 1.56 bits per heavy atom. The third-order valence-electron chi connectivity index (χ3n) is 12.6. The summed E-state index contributed by atoms with van der Waals surface area (Å²) in [5, 5.41) is 0. The fourth-order valence-electron chi connectivity index (χ4n) is 10.6. The molecular formula is C38H49ClO2. The molecule has 0 amide bonds. The number of carbonyl (C=O) groups is 1. The molecule has 4 aliphatic rings. The van der Waals surface area contributed by atoms with Crippen LogP contribution in [0.5, 0.6) is 0 Å². The maximum Gasteiger partial charge on any atom is 0.302 e. The van der Waals surface area contributed by atoms with Gasteiger partial charge in [0.25, 0.3) is 0 Å². The van der Waals surface area contributed by atoms with Crippen LogP contribution in [0.3, 0.4) is 0 Å². The first-order valence-corrected chi connectivity index (χ1v) is 16.7. The van der Waals surface area contributed by atoms with Gasteiger partial charge < -0.3 is 4.74 Å². The molecule has 3 heteroatoms. The van der Waals surface area contributed by atoms with E-state index in [-0.39, 0.29) is 22.4 Å². The zero-order valence-electron chi connectivity index (χ0n) is 25.6. The predicted octanol–water partition coefficient (Wildman–Crippen LogP) is 10.1. The van der Waals surface area contributed by atoms with Gasteiger partial charge in [0, 0.05) is 13.3 Å². The number of halogens is 1. The van der Waals surface area contributed by atoms with Crippen LogP contribution in [0, 0.1) is 40.4 Å². The second kappa shape index (κ2) is 11.2. The summed E-state index contributed by atoms with van der Waals surface area (Å²) in [6.07, 6.45) is 14.2. The summed E-state index contributed by atoms with van der Waals surface area (Å²) >= 11 is 7.55. The molecule has 0 N–H and O–H groups in total. The number of carbonyl (C=O) groups excluding carboxylic acids is 1. The molecule has 9 atom stereocenters. The Bertz CT molecular complexity index is 1210. The molecule has 2 nitrogen and oxygen atoms in total. The topological polar surface area (TPSA) is 26.3 Å². The lowest BCUT2D eigenvalue weighted by molar-refractivity contribution is -0.157. The molecule has 0 radical (unpaired) electrons. The van der Waals surface area contributed by atoms with E-state index in [0.717, 1.165) is 49.9 Å². The maximum atomic E-state index is 11.7. The van der Waals surface area contributed by atoms with Crippen molar-refractivity contribution in [3.8, 4) is 0 Å². The molecule has 4 fully saturated rings. The molecule has 0 bridgehead atoms. The SMILES string of the molecule is CC(=O)O[C@H]1CC[C@]2(C)[C@H]3CC[C@]4(C)[C@@H]([C@@H](C)CC=C(c5ccccc5)c5ccccc5)CC[C@H]4[C@@H]3CC[C@@]2(Cl)C1. The minimum absolute atomic E-state index is 0.00934. The Morgan fingerprint density at radius 1 is 0.902 bits per heavy atom. The Hall–Kier alpha value is -2.06. The fourth-order valence-corrected chi connectivity index (χ4v) is 11.1. The van der Waals surface area contributed by atoms with E-state index < -0.39 is 0 Å². The molecular weight excluding hydrogens is 524 g/mol. The number of ether oxygens (including phenoxy) is 1. The zero-order chi connectivity index (χ0) is 28.8. The van der Waals surface area contributed by atoms with Gasteiger partial charge in [-0.15, -0.1) is 11.6 Å². The summed E-state index contributed by atoms with van der Waals surface area (Å²) in [5.74, 6) is 3.56. The number of allylic oxidation sites excluding steroid dienone is 1.